The lowest BCUT2D eigenvalue weighted by molar-refractivity contribution is -0.120. The highest BCUT2D eigenvalue weighted by atomic mass is 35.5. The number of phenols is 2. The molecule has 0 saturated heterocycles. The number of hydrogen-bond acceptors (Lipinski definition) is 5. The first-order valence-electron chi connectivity index (χ1n) is 6.87. The van der Waals surface area contributed by atoms with Crippen molar-refractivity contribution in [3.63, 3.8) is 0 Å². The zero-order chi connectivity index (χ0) is 18.6. The maximum absolute atomic E-state index is 12.0. The van der Waals surface area contributed by atoms with Crippen LogP contribution in [-0.4, -0.2) is 28.6 Å². The average Bonchev–Trinajstić information content (AvgIpc) is 2.57. The number of hydrogen-bond donors (Lipinski definition) is 3. The Hall–Kier alpha value is -1.60. The molecule has 2 aromatic rings. The van der Waals surface area contributed by atoms with Gasteiger partial charge in [-0.2, -0.15) is 5.10 Å². The minimum absolute atomic E-state index is 0.0425. The topological polar surface area (TPSA) is 81.9 Å². The van der Waals surface area contributed by atoms with E-state index in [0.717, 1.165) is 10.5 Å². The normalized spacial score (nSPS) is 11.0. The molecule has 0 aliphatic carbocycles. The number of benzene rings is 2. The largest absolute Gasteiger partial charge is 0.506 e. The standard InChI is InChI=1S/C16H13Cl3N2O3S/c1-25-12-3-2-10(17)4-8(12)6-13(22)21-20-7-9-5-11(18)16(24)14(19)15(9)23/h2-5,7,23-24H,6H2,1H3,(H,21,22)/b20-7-. The van der Waals surface area contributed by atoms with Crippen LogP contribution in [0.3, 0.4) is 0 Å². The second-order valence-electron chi connectivity index (χ2n) is 4.88. The Labute approximate surface area is 163 Å². The number of nitrogens with one attached hydrogen (secondary N) is 1. The number of carbonyl (C=O) groups excluding carboxylic acids is 1. The summed E-state index contributed by atoms with van der Waals surface area (Å²) in [6.07, 6.45) is 3.18. The molecule has 0 unspecified atom stereocenters. The van der Waals surface area contributed by atoms with E-state index in [0.29, 0.717) is 5.02 Å². The van der Waals surface area contributed by atoms with Crippen molar-refractivity contribution in [1.82, 2.24) is 5.43 Å². The maximum atomic E-state index is 12.0. The van der Waals surface area contributed by atoms with Gasteiger partial charge in [0.1, 0.15) is 10.8 Å². The second-order valence-corrected chi connectivity index (χ2v) is 6.95. The first-order valence-corrected chi connectivity index (χ1v) is 9.23. The Bertz CT molecular complexity index is 844. The van der Waals surface area contributed by atoms with Gasteiger partial charge >= 0.3 is 0 Å². The van der Waals surface area contributed by atoms with E-state index in [9.17, 15) is 15.0 Å². The van der Waals surface area contributed by atoms with Crippen molar-refractivity contribution in [1.29, 1.82) is 0 Å². The molecule has 0 spiro atoms. The van der Waals surface area contributed by atoms with E-state index in [2.05, 4.69) is 10.5 Å². The third-order valence-corrected chi connectivity index (χ3v) is 4.90. The number of rotatable bonds is 5. The Morgan fingerprint density at radius 3 is 2.64 bits per heavy atom. The van der Waals surface area contributed by atoms with Crippen LogP contribution < -0.4 is 5.43 Å². The van der Waals surface area contributed by atoms with Crippen LogP contribution >= 0.6 is 46.6 Å². The van der Waals surface area contributed by atoms with Crippen LogP contribution in [0.4, 0.5) is 0 Å². The summed E-state index contributed by atoms with van der Waals surface area (Å²) in [6.45, 7) is 0. The fourth-order valence-corrected chi connectivity index (χ4v) is 3.25. The molecule has 0 fully saturated rings. The van der Waals surface area contributed by atoms with Gasteiger partial charge in [0.25, 0.3) is 0 Å². The SMILES string of the molecule is CSc1ccc(Cl)cc1CC(=O)N/N=C\c1cc(Cl)c(O)c(Cl)c1O. The van der Waals surface area contributed by atoms with Crippen molar-refractivity contribution < 1.29 is 15.0 Å². The molecular weight excluding hydrogens is 407 g/mol. The van der Waals surface area contributed by atoms with Crippen molar-refractivity contribution in [2.24, 2.45) is 5.10 Å². The summed E-state index contributed by atoms with van der Waals surface area (Å²) in [4.78, 5) is 13.0. The lowest BCUT2D eigenvalue weighted by Crippen LogP contribution is -2.20. The van der Waals surface area contributed by atoms with Gasteiger partial charge in [0.2, 0.25) is 5.91 Å². The highest BCUT2D eigenvalue weighted by Crippen LogP contribution is 2.40. The molecule has 0 aliphatic heterocycles. The first kappa shape index (κ1) is 19.7. The molecule has 3 N–H and O–H groups in total. The highest BCUT2D eigenvalue weighted by molar-refractivity contribution is 7.98. The molecule has 1 amide bonds. The van der Waals surface area contributed by atoms with Gasteiger partial charge in [-0.3, -0.25) is 4.79 Å². The quantitative estimate of drug-likeness (QED) is 0.379. The molecule has 25 heavy (non-hydrogen) atoms. The molecule has 5 nitrogen and oxygen atoms in total. The lowest BCUT2D eigenvalue weighted by atomic mass is 10.1. The van der Waals surface area contributed by atoms with Gasteiger partial charge in [-0.25, -0.2) is 5.43 Å². The molecule has 0 aromatic heterocycles. The summed E-state index contributed by atoms with van der Waals surface area (Å²) in [7, 11) is 0. The Morgan fingerprint density at radius 2 is 1.96 bits per heavy atom. The predicted octanol–water partition coefficient (Wildman–Crippen LogP) is 4.47. The third kappa shape index (κ3) is 4.95. The van der Waals surface area contributed by atoms with Crippen molar-refractivity contribution in [3.8, 4) is 11.5 Å². The second kappa shape index (κ2) is 8.67. The summed E-state index contributed by atoms with van der Waals surface area (Å²) in [6, 6.07) is 6.60. The summed E-state index contributed by atoms with van der Waals surface area (Å²) in [5, 5.41) is 23.3. The number of hydrazone groups is 1. The van der Waals surface area contributed by atoms with E-state index in [4.69, 9.17) is 34.8 Å². The van der Waals surface area contributed by atoms with Crippen molar-refractivity contribution in [2.45, 2.75) is 11.3 Å². The minimum atomic E-state index is -0.424. The summed E-state index contributed by atoms with van der Waals surface area (Å²) < 4.78 is 0. The zero-order valence-electron chi connectivity index (χ0n) is 12.9. The van der Waals surface area contributed by atoms with Gasteiger partial charge in [0.05, 0.1) is 17.7 Å². The van der Waals surface area contributed by atoms with Crippen LogP contribution in [-0.2, 0) is 11.2 Å². The average molecular weight is 420 g/mol. The van der Waals surface area contributed by atoms with E-state index < -0.39 is 5.75 Å². The van der Waals surface area contributed by atoms with E-state index in [1.54, 1.807) is 12.1 Å². The maximum Gasteiger partial charge on any atom is 0.244 e. The molecule has 0 saturated carbocycles. The van der Waals surface area contributed by atoms with Crippen LogP contribution in [0.15, 0.2) is 34.3 Å². The molecule has 2 aromatic carbocycles. The smallest absolute Gasteiger partial charge is 0.244 e. The van der Waals surface area contributed by atoms with Crippen LogP contribution in [0.1, 0.15) is 11.1 Å². The molecule has 9 heteroatoms. The van der Waals surface area contributed by atoms with Gasteiger partial charge in [-0.1, -0.05) is 34.8 Å². The molecule has 0 heterocycles. The summed E-state index contributed by atoms with van der Waals surface area (Å²) in [5.74, 6) is -1.17. The first-order chi connectivity index (χ1) is 11.8. The molecule has 2 rings (SSSR count). The third-order valence-electron chi connectivity index (χ3n) is 3.18. The monoisotopic (exact) mass is 418 g/mol. The van der Waals surface area contributed by atoms with Crippen LogP contribution in [0, 0.1) is 0 Å². The van der Waals surface area contributed by atoms with Crippen LogP contribution in [0.25, 0.3) is 0 Å². The van der Waals surface area contributed by atoms with Gasteiger partial charge in [-0.15, -0.1) is 11.8 Å². The molecule has 0 aliphatic rings. The Kier molecular flexibility index (Phi) is 6.84. The Balaban J connectivity index is 2.08. The molecular formula is C16H13Cl3N2O3S. The molecule has 132 valence electrons. The number of carbonyl (C=O) groups is 1. The van der Waals surface area contributed by atoms with E-state index >= 15 is 0 Å². The summed E-state index contributed by atoms with van der Waals surface area (Å²) >= 11 is 19.0. The highest BCUT2D eigenvalue weighted by Gasteiger charge is 2.13. The van der Waals surface area contributed by atoms with Crippen LogP contribution in [0.2, 0.25) is 15.1 Å². The van der Waals surface area contributed by atoms with Crippen LogP contribution in [0.5, 0.6) is 11.5 Å². The number of nitrogens with zero attached hydrogens (tertiary/aromatic N) is 1. The fraction of sp³-hybridized carbons (Fsp3) is 0.125. The van der Waals surface area contributed by atoms with Gasteiger partial charge < -0.3 is 10.2 Å². The number of aromatic hydroxyl groups is 2. The number of thioether (sulfide) groups is 1. The van der Waals surface area contributed by atoms with Gasteiger partial charge in [0.15, 0.2) is 5.75 Å². The molecule has 0 atom stereocenters. The van der Waals surface area contributed by atoms with E-state index in [-0.39, 0.29) is 33.7 Å². The van der Waals surface area contributed by atoms with Gasteiger partial charge in [-0.05, 0) is 36.1 Å². The minimum Gasteiger partial charge on any atom is -0.506 e. The lowest BCUT2D eigenvalue weighted by Gasteiger charge is -2.07. The van der Waals surface area contributed by atoms with Crippen molar-refractivity contribution in [3.05, 3.63) is 50.5 Å². The molecule has 0 radical (unpaired) electrons. The number of amides is 1. The predicted molar refractivity (Wildman–Crippen MR) is 102 cm³/mol. The fourth-order valence-electron chi connectivity index (χ4n) is 1.99. The number of halogens is 3. The zero-order valence-corrected chi connectivity index (χ0v) is 16.0. The summed E-state index contributed by atoms with van der Waals surface area (Å²) in [5.41, 5.74) is 3.29. The van der Waals surface area contributed by atoms with Crippen molar-refractivity contribution >= 4 is 58.7 Å². The Morgan fingerprint density at radius 1 is 1.24 bits per heavy atom. The van der Waals surface area contributed by atoms with E-state index in [1.807, 2.05) is 12.3 Å². The van der Waals surface area contributed by atoms with Gasteiger partial charge in [0, 0.05) is 15.5 Å². The van der Waals surface area contributed by atoms with E-state index in [1.165, 1.54) is 24.0 Å². The van der Waals surface area contributed by atoms with Crippen molar-refractivity contribution in [2.75, 3.05) is 6.26 Å². The number of phenolic OH excluding ortho intramolecular Hbond substituents is 2. The molecule has 0 bridgehead atoms.